The van der Waals surface area contributed by atoms with Gasteiger partial charge in [0.1, 0.15) is 0 Å². The molecule has 2 fully saturated rings. The number of nitrogens with one attached hydrogen (secondary N) is 1. The fourth-order valence-electron chi connectivity index (χ4n) is 3.11. The first kappa shape index (κ1) is 10.4. The van der Waals surface area contributed by atoms with Crippen molar-refractivity contribution in [2.75, 3.05) is 26.2 Å². The Balaban J connectivity index is 1.70. The molecule has 1 aliphatic heterocycles. The van der Waals surface area contributed by atoms with Gasteiger partial charge in [-0.2, -0.15) is 0 Å². The molecule has 2 nitrogen and oxygen atoms in total. The summed E-state index contributed by atoms with van der Waals surface area (Å²) in [5, 5.41) is 3.44. The lowest BCUT2D eigenvalue weighted by Crippen LogP contribution is -2.38. The summed E-state index contributed by atoms with van der Waals surface area (Å²) in [6.07, 6.45) is 4.47. The van der Waals surface area contributed by atoms with Crippen LogP contribution in [0.1, 0.15) is 33.1 Å². The molecule has 0 aromatic rings. The second kappa shape index (κ2) is 4.63. The number of nitrogens with zero attached hydrogens (tertiary/aromatic N) is 1. The molecule has 2 heteroatoms. The van der Waals surface area contributed by atoms with Crippen molar-refractivity contribution in [2.45, 2.75) is 39.2 Å². The van der Waals surface area contributed by atoms with Gasteiger partial charge in [-0.1, -0.05) is 13.8 Å². The van der Waals surface area contributed by atoms with Crippen molar-refractivity contribution in [3.05, 3.63) is 0 Å². The van der Waals surface area contributed by atoms with Crippen LogP contribution in [0.5, 0.6) is 0 Å². The Labute approximate surface area is 88.1 Å². The molecule has 0 aromatic carbocycles. The SMILES string of the molecule is CCNCC(C)CN1CC2CCC1C2. The quantitative estimate of drug-likeness (QED) is 0.720. The number of hydrogen-bond acceptors (Lipinski definition) is 2. The summed E-state index contributed by atoms with van der Waals surface area (Å²) in [7, 11) is 0. The van der Waals surface area contributed by atoms with Gasteiger partial charge >= 0.3 is 0 Å². The summed E-state index contributed by atoms with van der Waals surface area (Å²) in [4.78, 5) is 2.73. The topological polar surface area (TPSA) is 15.3 Å². The normalized spacial score (nSPS) is 33.9. The lowest BCUT2D eigenvalue weighted by molar-refractivity contribution is 0.185. The predicted octanol–water partition coefficient (Wildman–Crippen LogP) is 1.72. The smallest absolute Gasteiger partial charge is 0.00987 e. The maximum atomic E-state index is 3.44. The molecule has 82 valence electrons. The zero-order valence-corrected chi connectivity index (χ0v) is 9.63. The summed E-state index contributed by atoms with van der Waals surface area (Å²) < 4.78 is 0. The van der Waals surface area contributed by atoms with Crippen LogP contribution in [0, 0.1) is 11.8 Å². The molecular weight excluding hydrogens is 172 g/mol. The minimum absolute atomic E-state index is 0.814. The average Bonchev–Trinajstić information content (AvgIpc) is 2.76. The van der Waals surface area contributed by atoms with E-state index in [-0.39, 0.29) is 0 Å². The van der Waals surface area contributed by atoms with E-state index in [4.69, 9.17) is 0 Å². The molecule has 1 N–H and O–H groups in total. The zero-order chi connectivity index (χ0) is 9.97. The van der Waals surface area contributed by atoms with Gasteiger partial charge in [-0.05, 0) is 44.2 Å². The van der Waals surface area contributed by atoms with E-state index in [2.05, 4.69) is 24.1 Å². The fourth-order valence-corrected chi connectivity index (χ4v) is 3.11. The minimum Gasteiger partial charge on any atom is -0.317 e. The zero-order valence-electron chi connectivity index (χ0n) is 9.63. The highest BCUT2D eigenvalue weighted by atomic mass is 15.2. The summed E-state index contributed by atoms with van der Waals surface area (Å²) in [6.45, 7) is 9.55. The molecule has 0 radical (unpaired) electrons. The first-order valence-corrected chi connectivity index (χ1v) is 6.24. The van der Waals surface area contributed by atoms with E-state index >= 15 is 0 Å². The third-order valence-electron chi connectivity index (χ3n) is 3.81. The third-order valence-corrected chi connectivity index (χ3v) is 3.81. The van der Waals surface area contributed by atoms with Crippen LogP contribution >= 0.6 is 0 Å². The van der Waals surface area contributed by atoms with Gasteiger partial charge in [-0.3, -0.25) is 4.90 Å². The van der Waals surface area contributed by atoms with Gasteiger partial charge in [0.25, 0.3) is 0 Å². The van der Waals surface area contributed by atoms with Crippen LogP contribution < -0.4 is 5.32 Å². The molecule has 1 heterocycles. The maximum Gasteiger partial charge on any atom is 0.00987 e. The number of fused-ring (bicyclic) bond motifs is 2. The largest absolute Gasteiger partial charge is 0.317 e. The molecule has 0 spiro atoms. The predicted molar refractivity (Wildman–Crippen MR) is 60.4 cm³/mol. The van der Waals surface area contributed by atoms with Crippen molar-refractivity contribution in [3.8, 4) is 0 Å². The van der Waals surface area contributed by atoms with Crippen LogP contribution in [-0.4, -0.2) is 37.1 Å². The Hall–Kier alpha value is -0.0800. The number of piperidine rings is 1. The van der Waals surface area contributed by atoms with Crippen molar-refractivity contribution < 1.29 is 0 Å². The van der Waals surface area contributed by atoms with Gasteiger partial charge in [-0.25, -0.2) is 0 Å². The molecule has 2 aliphatic rings. The Bertz CT molecular complexity index is 181. The Kier molecular flexibility index (Phi) is 3.45. The van der Waals surface area contributed by atoms with Gasteiger partial charge in [0.2, 0.25) is 0 Å². The summed E-state index contributed by atoms with van der Waals surface area (Å²) in [6, 6.07) is 0.948. The van der Waals surface area contributed by atoms with Crippen LogP contribution in [0.25, 0.3) is 0 Å². The van der Waals surface area contributed by atoms with E-state index in [1.807, 2.05) is 0 Å². The summed E-state index contributed by atoms with van der Waals surface area (Å²) >= 11 is 0. The van der Waals surface area contributed by atoms with Crippen molar-refractivity contribution in [2.24, 2.45) is 11.8 Å². The number of likely N-dealkylation sites (tertiary alicyclic amines) is 1. The standard InChI is InChI=1S/C12H24N2/c1-3-13-7-10(2)8-14-9-11-4-5-12(14)6-11/h10-13H,3-9H2,1-2H3. The van der Waals surface area contributed by atoms with E-state index in [0.717, 1.165) is 24.4 Å². The van der Waals surface area contributed by atoms with Gasteiger partial charge in [0, 0.05) is 19.1 Å². The molecule has 3 unspecified atom stereocenters. The molecule has 2 bridgehead atoms. The van der Waals surface area contributed by atoms with Crippen molar-refractivity contribution in [1.29, 1.82) is 0 Å². The van der Waals surface area contributed by atoms with E-state index in [9.17, 15) is 0 Å². The second-order valence-electron chi connectivity index (χ2n) is 5.20. The van der Waals surface area contributed by atoms with Gasteiger partial charge in [0.05, 0.1) is 0 Å². The minimum atomic E-state index is 0.814. The van der Waals surface area contributed by atoms with Gasteiger partial charge in [-0.15, -0.1) is 0 Å². The molecule has 0 amide bonds. The van der Waals surface area contributed by atoms with Crippen LogP contribution in [0.15, 0.2) is 0 Å². The van der Waals surface area contributed by atoms with Crippen molar-refractivity contribution in [3.63, 3.8) is 0 Å². The average molecular weight is 196 g/mol. The number of hydrogen-bond donors (Lipinski definition) is 1. The highest BCUT2D eigenvalue weighted by molar-refractivity contribution is 4.92. The van der Waals surface area contributed by atoms with E-state index < -0.39 is 0 Å². The van der Waals surface area contributed by atoms with Gasteiger partial charge in [0.15, 0.2) is 0 Å². The highest BCUT2D eigenvalue weighted by Crippen LogP contribution is 2.37. The van der Waals surface area contributed by atoms with Gasteiger partial charge < -0.3 is 5.32 Å². The Morgan fingerprint density at radius 2 is 2.29 bits per heavy atom. The summed E-state index contributed by atoms with van der Waals surface area (Å²) in [5.41, 5.74) is 0. The Morgan fingerprint density at radius 3 is 2.86 bits per heavy atom. The highest BCUT2D eigenvalue weighted by Gasteiger charge is 2.37. The second-order valence-corrected chi connectivity index (χ2v) is 5.20. The summed E-state index contributed by atoms with van der Waals surface area (Å²) in [5.74, 6) is 1.86. The molecule has 0 aromatic heterocycles. The Morgan fingerprint density at radius 1 is 1.43 bits per heavy atom. The first-order chi connectivity index (χ1) is 6.79. The molecule has 2 rings (SSSR count). The molecule has 14 heavy (non-hydrogen) atoms. The monoisotopic (exact) mass is 196 g/mol. The fraction of sp³-hybridized carbons (Fsp3) is 1.00. The molecule has 1 aliphatic carbocycles. The number of rotatable bonds is 5. The lowest BCUT2D eigenvalue weighted by Gasteiger charge is -2.29. The lowest BCUT2D eigenvalue weighted by atomic mass is 10.1. The van der Waals surface area contributed by atoms with E-state index in [1.165, 1.54) is 38.9 Å². The van der Waals surface area contributed by atoms with Crippen LogP contribution in [0.4, 0.5) is 0 Å². The van der Waals surface area contributed by atoms with Crippen LogP contribution in [0.2, 0.25) is 0 Å². The molecule has 3 atom stereocenters. The first-order valence-electron chi connectivity index (χ1n) is 6.24. The van der Waals surface area contributed by atoms with Crippen LogP contribution in [0.3, 0.4) is 0 Å². The molecule has 1 saturated carbocycles. The van der Waals surface area contributed by atoms with Crippen molar-refractivity contribution in [1.82, 2.24) is 10.2 Å². The molecular formula is C12H24N2. The van der Waals surface area contributed by atoms with E-state index in [1.54, 1.807) is 0 Å². The molecule has 1 saturated heterocycles. The van der Waals surface area contributed by atoms with Crippen LogP contribution in [-0.2, 0) is 0 Å². The maximum absolute atomic E-state index is 3.44. The van der Waals surface area contributed by atoms with E-state index in [0.29, 0.717) is 0 Å². The van der Waals surface area contributed by atoms with Crippen molar-refractivity contribution >= 4 is 0 Å². The third kappa shape index (κ3) is 2.29.